The number of hydrogen-bond acceptors (Lipinski definition) is 4. The standard InChI is InChI=1S/C18H22N4O2/c1-24-17-7-6-15(13-20-17)21-18(23)22-12-4-2-3-5-16(22)14-8-10-19-11-9-14/h6-11,13,16H,2-5,12H2,1H3,(H,21,23)/t16-/m0/s1. The second-order valence-corrected chi connectivity index (χ2v) is 5.86. The van der Waals surface area contributed by atoms with Crippen LogP contribution in [0.2, 0.25) is 0 Å². The summed E-state index contributed by atoms with van der Waals surface area (Å²) in [5, 5.41) is 2.94. The van der Waals surface area contributed by atoms with Gasteiger partial charge in [-0.1, -0.05) is 12.8 Å². The van der Waals surface area contributed by atoms with Gasteiger partial charge in [0.05, 0.1) is 25.0 Å². The number of nitrogens with one attached hydrogen (secondary N) is 1. The number of nitrogens with zero attached hydrogens (tertiary/aromatic N) is 3. The topological polar surface area (TPSA) is 67.3 Å². The van der Waals surface area contributed by atoms with Gasteiger partial charge in [-0.25, -0.2) is 9.78 Å². The van der Waals surface area contributed by atoms with E-state index in [4.69, 9.17) is 4.74 Å². The predicted molar refractivity (Wildman–Crippen MR) is 92.0 cm³/mol. The van der Waals surface area contributed by atoms with Crippen LogP contribution in [0.15, 0.2) is 42.9 Å². The van der Waals surface area contributed by atoms with Gasteiger partial charge >= 0.3 is 6.03 Å². The predicted octanol–water partition coefficient (Wildman–Crippen LogP) is 3.63. The van der Waals surface area contributed by atoms with Crippen molar-refractivity contribution in [3.05, 3.63) is 48.4 Å². The third-order valence-electron chi connectivity index (χ3n) is 4.30. The number of pyridine rings is 2. The maximum atomic E-state index is 12.8. The van der Waals surface area contributed by atoms with Crippen LogP contribution >= 0.6 is 0 Å². The summed E-state index contributed by atoms with van der Waals surface area (Å²) in [6.45, 7) is 0.752. The molecule has 0 saturated carbocycles. The summed E-state index contributed by atoms with van der Waals surface area (Å²) >= 11 is 0. The zero-order chi connectivity index (χ0) is 16.8. The third-order valence-corrected chi connectivity index (χ3v) is 4.30. The zero-order valence-corrected chi connectivity index (χ0v) is 13.8. The van der Waals surface area contributed by atoms with Gasteiger partial charge in [0.1, 0.15) is 0 Å². The summed E-state index contributed by atoms with van der Waals surface area (Å²) in [5.41, 5.74) is 1.80. The van der Waals surface area contributed by atoms with Crippen molar-refractivity contribution in [3.63, 3.8) is 0 Å². The van der Waals surface area contributed by atoms with E-state index in [1.165, 1.54) is 0 Å². The Morgan fingerprint density at radius 1 is 1.21 bits per heavy atom. The maximum absolute atomic E-state index is 12.8. The van der Waals surface area contributed by atoms with E-state index in [9.17, 15) is 4.79 Å². The molecule has 2 aromatic rings. The summed E-state index contributed by atoms with van der Waals surface area (Å²) < 4.78 is 5.04. The van der Waals surface area contributed by atoms with Crippen molar-refractivity contribution < 1.29 is 9.53 Å². The summed E-state index contributed by atoms with van der Waals surface area (Å²) in [6, 6.07) is 7.50. The highest BCUT2D eigenvalue weighted by Crippen LogP contribution is 2.30. The molecule has 3 heterocycles. The van der Waals surface area contributed by atoms with Gasteiger partial charge in [0, 0.05) is 25.0 Å². The largest absolute Gasteiger partial charge is 0.481 e. The molecule has 1 atom stereocenters. The molecule has 0 radical (unpaired) electrons. The molecule has 1 aliphatic rings. The molecule has 0 aromatic carbocycles. The minimum Gasteiger partial charge on any atom is -0.481 e. The summed E-state index contributed by atoms with van der Waals surface area (Å²) in [6.07, 6.45) is 9.44. The van der Waals surface area contributed by atoms with E-state index < -0.39 is 0 Å². The Bertz CT molecular complexity index is 660. The van der Waals surface area contributed by atoms with Crippen LogP contribution in [0.1, 0.15) is 37.3 Å². The zero-order valence-electron chi connectivity index (χ0n) is 13.8. The average Bonchev–Trinajstić information content (AvgIpc) is 2.89. The molecular formula is C18H22N4O2. The molecule has 1 fully saturated rings. The van der Waals surface area contributed by atoms with Crippen molar-refractivity contribution in [1.82, 2.24) is 14.9 Å². The molecule has 3 rings (SSSR count). The van der Waals surface area contributed by atoms with Crippen LogP contribution in [-0.2, 0) is 0 Å². The lowest BCUT2D eigenvalue weighted by Crippen LogP contribution is -2.38. The van der Waals surface area contributed by atoms with Crippen LogP contribution in [0.5, 0.6) is 5.88 Å². The first-order valence-corrected chi connectivity index (χ1v) is 8.25. The summed E-state index contributed by atoms with van der Waals surface area (Å²) in [5.74, 6) is 0.525. The van der Waals surface area contributed by atoms with Gasteiger partial charge < -0.3 is 15.0 Å². The smallest absolute Gasteiger partial charge is 0.322 e. The molecular weight excluding hydrogens is 304 g/mol. The van der Waals surface area contributed by atoms with E-state index in [1.54, 1.807) is 37.8 Å². The third kappa shape index (κ3) is 3.82. The monoisotopic (exact) mass is 326 g/mol. The number of amides is 2. The van der Waals surface area contributed by atoms with Crippen molar-refractivity contribution in [3.8, 4) is 5.88 Å². The van der Waals surface area contributed by atoms with E-state index in [-0.39, 0.29) is 12.1 Å². The number of aromatic nitrogens is 2. The number of urea groups is 1. The second kappa shape index (κ2) is 7.77. The number of anilines is 1. The number of carbonyl (C=O) groups excluding carboxylic acids is 1. The SMILES string of the molecule is COc1ccc(NC(=O)N2CCCCC[C@H]2c2ccncc2)cn1. The van der Waals surface area contributed by atoms with Gasteiger partial charge in [0.15, 0.2) is 0 Å². The molecule has 24 heavy (non-hydrogen) atoms. The van der Waals surface area contributed by atoms with Crippen LogP contribution < -0.4 is 10.1 Å². The van der Waals surface area contributed by atoms with Crippen molar-refractivity contribution in [2.45, 2.75) is 31.7 Å². The fraction of sp³-hybridized carbons (Fsp3) is 0.389. The van der Waals surface area contributed by atoms with Crippen molar-refractivity contribution in [2.24, 2.45) is 0 Å². The Balaban J connectivity index is 1.76. The number of carbonyl (C=O) groups is 1. The van der Waals surface area contributed by atoms with Crippen LogP contribution in [-0.4, -0.2) is 34.6 Å². The first kappa shape index (κ1) is 16.2. The van der Waals surface area contributed by atoms with Gasteiger partial charge in [-0.3, -0.25) is 4.98 Å². The Morgan fingerprint density at radius 2 is 2.04 bits per heavy atom. The van der Waals surface area contributed by atoms with Crippen molar-refractivity contribution >= 4 is 11.7 Å². The Kier molecular flexibility index (Phi) is 5.25. The molecule has 0 aliphatic carbocycles. The van der Waals surface area contributed by atoms with E-state index in [1.807, 2.05) is 17.0 Å². The molecule has 2 amide bonds. The average molecular weight is 326 g/mol. The minimum absolute atomic E-state index is 0.0849. The van der Waals surface area contributed by atoms with Crippen LogP contribution in [0, 0.1) is 0 Å². The number of hydrogen-bond donors (Lipinski definition) is 1. The van der Waals surface area contributed by atoms with Gasteiger partial charge in [-0.05, 0) is 36.6 Å². The minimum atomic E-state index is -0.0920. The molecule has 0 bridgehead atoms. The Morgan fingerprint density at radius 3 is 2.75 bits per heavy atom. The van der Waals surface area contributed by atoms with Crippen LogP contribution in [0.3, 0.4) is 0 Å². The number of methoxy groups -OCH3 is 1. The number of ether oxygens (including phenoxy) is 1. The molecule has 1 saturated heterocycles. The van der Waals surface area contributed by atoms with E-state index in [0.29, 0.717) is 11.6 Å². The van der Waals surface area contributed by atoms with Gasteiger partial charge in [0.2, 0.25) is 5.88 Å². The lowest BCUT2D eigenvalue weighted by Gasteiger charge is -2.30. The molecule has 1 N–H and O–H groups in total. The fourth-order valence-electron chi connectivity index (χ4n) is 3.05. The Labute approximate surface area is 141 Å². The summed E-state index contributed by atoms with van der Waals surface area (Å²) in [4.78, 5) is 22.9. The number of likely N-dealkylation sites (tertiary alicyclic amines) is 1. The number of rotatable bonds is 3. The van der Waals surface area contributed by atoms with Crippen LogP contribution in [0.4, 0.5) is 10.5 Å². The summed E-state index contributed by atoms with van der Waals surface area (Å²) in [7, 11) is 1.57. The quantitative estimate of drug-likeness (QED) is 0.935. The molecule has 126 valence electrons. The molecule has 6 nitrogen and oxygen atoms in total. The maximum Gasteiger partial charge on any atom is 0.322 e. The first-order chi connectivity index (χ1) is 11.8. The first-order valence-electron chi connectivity index (χ1n) is 8.25. The van der Waals surface area contributed by atoms with Gasteiger partial charge in [0.25, 0.3) is 0 Å². The Hall–Kier alpha value is -2.63. The molecule has 6 heteroatoms. The van der Waals surface area contributed by atoms with E-state index in [2.05, 4.69) is 15.3 Å². The molecule has 0 spiro atoms. The highest BCUT2D eigenvalue weighted by atomic mass is 16.5. The van der Waals surface area contributed by atoms with Gasteiger partial charge in [-0.15, -0.1) is 0 Å². The molecule has 2 aromatic heterocycles. The highest BCUT2D eigenvalue weighted by Gasteiger charge is 2.26. The lowest BCUT2D eigenvalue weighted by molar-refractivity contribution is 0.189. The van der Waals surface area contributed by atoms with E-state index >= 15 is 0 Å². The molecule has 1 aliphatic heterocycles. The molecule has 0 unspecified atom stereocenters. The van der Waals surface area contributed by atoms with E-state index in [0.717, 1.165) is 37.8 Å². The van der Waals surface area contributed by atoms with Crippen molar-refractivity contribution in [2.75, 3.05) is 19.0 Å². The van der Waals surface area contributed by atoms with Crippen LogP contribution in [0.25, 0.3) is 0 Å². The lowest BCUT2D eigenvalue weighted by atomic mass is 10.0. The second-order valence-electron chi connectivity index (χ2n) is 5.86. The van der Waals surface area contributed by atoms with Crippen molar-refractivity contribution in [1.29, 1.82) is 0 Å². The normalized spacial score (nSPS) is 17.9. The van der Waals surface area contributed by atoms with Gasteiger partial charge in [-0.2, -0.15) is 0 Å². The fourth-order valence-corrected chi connectivity index (χ4v) is 3.05. The highest BCUT2D eigenvalue weighted by molar-refractivity contribution is 5.89.